The van der Waals surface area contributed by atoms with Crippen LogP contribution in [-0.2, 0) is 14.3 Å². The number of ketones is 1. The predicted molar refractivity (Wildman–Crippen MR) is 52.5 cm³/mol. The van der Waals surface area contributed by atoms with Gasteiger partial charge in [0.05, 0.1) is 24.6 Å². The highest BCUT2D eigenvalue weighted by Crippen LogP contribution is 2.05. The number of carbonyl (C=O) groups is 2. The van der Waals surface area contributed by atoms with Crippen LogP contribution in [-0.4, -0.2) is 29.9 Å². The van der Waals surface area contributed by atoms with E-state index in [0.29, 0.717) is 0 Å². The van der Waals surface area contributed by atoms with Crippen molar-refractivity contribution in [2.45, 2.75) is 38.8 Å². The van der Waals surface area contributed by atoms with Gasteiger partial charge in [-0.1, -0.05) is 0 Å². The largest absolute Gasteiger partial charge is 0.466 e. The molecule has 0 aromatic heterocycles. The highest BCUT2D eigenvalue weighted by atomic mass is 16.5. The van der Waals surface area contributed by atoms with Crippen LogP contribution in [0.15, 0.2) is 0 Å². The summed E-state index contributed by atoms with van der Waals surface area (Å²) in [5.41, 5.74) is 10.0. The van der Waals surface area contributed by atoms with Gasteiger partial charge in [-0.2, -0.15) is 0 Å². The third-order valence-corrected chi connectivity index (χ3v) is 1.66. The van der Waals surface area contributed by atoms with Crippen LogP contribution in [0.1, 0.15) is 27.2 Å². The van der Waals surface area contributed by atoms with E-state index in [1.807, 2.05) is 0 Å². The minimum Gasteiger partial charge on any atom is -0.466 e. The lowest BCUT2D eigenvalue weighted by Gasteiger charge is -2.20. The topological polar surface area (TPSA) is 95.4 Å². The molecule has 0 aliphatic rings. The fraction of sp³-hybridized carbons (Fsp3) is 0.778. The Labute approximate surface area is 83.8 Å². The molecule has 5 nitrogen and oxygen atoms in total. The van der Waals surface area contributed by atoms with E-state index in [0.717, 1.165) is 0 Å². The Morgan fingerprint density at radius 1 is 1.43 bits per heavy atom. The van der Waals surface area contributed by atoms with Crippen LogP contribution in [0.2, 0.25) is 0 Å². The number of carbonyl (C=O) groups excluding carboxylic acids is 2. The molecule has 4 N–H and O–H groups in total. The zero-order valence-corrected chi connectivity index (χ0v) is 8.87. The van der Waals surface area contributed by atoms with Crippen LogP contribution in [0.25, 0.3) is 0 Å². The summed E-state index contributed by atoms with van der Waals surface area (Å²) < 4.78 is 4.66. The van der Waals surface area contributed by atoms with Gasteiger partial charge in [0, 0.05) is 0 Å². The molecule has 0 amide bonds. The Hall–Kier alpha value is -0.940. The molecule has 0 saturated carbocycles. The number of esters is 1. The molecular weight excluding hydrogens is 184 g/mol. The molecule has 0 aliphatic carbocycles. The third kappa shape index (κ3) is 4.34. The molecule has 1 unspecified atom stereocenters. The summed E-state index contributed by atoms with van der Waals surface area (Å²) in [5, 5.41) is 0. The molecular formula is C9H18N2O3. The molecule has 0 bridgehead atoms. The molecule has 0 fully saturated rings. The van der Waals surface area contributed by atoms with E-state index in [2.05, 4.69) is 4.74 Å². The number of rotatable bonds is 5. The van der Waals surface area contributed by atoms with Crippen molar-refractivity contribution in [3.8, 4) is 0 Å². The van der Waals surface area contributed by atoms with Gasteiger partial charge in [0.1, 0.15) is 0 Å². The van der Waals surface area contributed by atoms with Gasteiger partial charge in [0.15, 0.2) is 5.78 Å². The van der Waals surface area contributed by atoms with Crippen molar-refractivity contribution in [3.05, 3.63) is 0 Å². The van der Waals surface area contributed by atoms with Crippen molar-refractivity contribution in [1.29, 1.82) is 0 Å². The second-order valence-electron chi connectivity index (χ2n) is 3.70. The number of hydrogen-bond acceptors (Lipinski definition) is 5. The molecule has 14 heavy (non-hydrogen) atoms. The summed E-state index contributed by atoms with van der Waals surface area (Å²) in [5.74, 6) is -0.817. The molecule has 1 atom stereocenters. The van der Waals surface area contributed by atoms with Crippen molar-refractivity contribution >= 4 is 11.8 Å². The number of nitrogens with two attached hydrogens (primary N) is 2. The van der Waals surface area contributed by atoms with Crippen molar-refractivity contribution in [1.82, 2.24) is 0 Å². The van der Waals surface area contributed by atoms with Crippen molar-refractivity contribution in [2.75, 3.05) is 6.61 Å². The number of hydrogen-bond donors (Lipinski definition) is 2. The van der Waals surface area contributed by atoms with Gasteiger partial charge in [0.2, 0.25) is 0 Å². The third-order valence-electron chi connectivity index (χ3n) is 1.66. The first-order valence-electron chi connectivity index (χ1n) is 4.53. The summed E-state index contributed by atoms with van der Waals surface area (Å²) in [6.07, 6.45) is -0.118. The molecule has 5 heteroatoms. The van der Waals surface area contributed by atoms with Crippen LogP contribution < -0.4 is 11.5 Å². The van der Waals surface area contributed by atoms with Crippen LogP contribution in [0.4, 0.5) is 0 Å². The summed E-state index contributed by atoms with van der Waals surface area (Å²) in [7, 11) is 0. The van der Waals surface area contributed by atoms with Gasteiger partial charge in [-0.15, -0.1) is 0 Å². The maximum atomic E-state index is 11.4. The van der Waals surface area contributed by atoms with Crippen LogP contribution >= 0.6 is 0 Å². The molecule has 0 aromatic carbocycles. The highest BCUT2D eigenvalue weighted by molar-refractivity contribution is 5.94. The Morgan fingerprint density at radius 2 is 1.93 bits per heavy atom. The fourth-order valence-corrected chi connectivity index (χ4v) is 0.970. The van der Waals surface area contributed by atoms with Gasteiger partial charge < -0.3 is 16.2 Å². The van der Waals surface area contributed by atoms with Crippen LogP contribution in [0.5, 0.6) is 0 Å². The first kappa shape index (κ1) is 13.1. The van der Waals surface area contributed by atoms with Crippen molar-refractivity contribution in [2.24, 2.45) is 11.5 Å². The van der Waals surface area contributed by atoms with Crippen molar-refractivity contribution < 1.29 is 14.3 Å². The average Bonchev–Trinajstić information content (AvgIpc) is 2.01. The first-order valence-corrected chi connectivity index (χ1v) is 4.53. The zero-order valence-electron chi connectivity index (χ0n) is 8.87. The normalized spacial score (nSPS) is 13.5. The first-order chi connectivity index (χ1) is 6.29. The average molecular weight is 202 g/mol. The summed E-state index contributed by atoms with van der Waals surface area (Å²) in [4.78, 5) is 22.4. The van der Waals surface area contributed by atoms with Crippen LogP contribution in [0, 0.1) is 0 Å². The SMILES string of the molecule is CCOC(=O)CC(N)C(=O)C(C)(C)N. The molecule has 0 spiro atoms. The van der Waals surface area contributed by atoms with E-state index in [-0.39, 0.29) is 18.8 Å². The Balaban J connectivity index is 4.15. The lowest BCUT2D eigenvalue weighted by molar-refractivity contribution is -0.145. The molecule has 0 aromatic rings. The quantitative estimate of drug-likeness (QED) is 0.590. The molecule has 0 aliphatic heterocycles. The Kier molecular flexibility index (Phi) is 4.73. The predicted octanol–water partition coefficient (Wildman–Crippen LogP) is -0.427. The molecule has 0 rings (SSSR count). The Bertz CT molecular complexity index is 221. The van der Waals surface area contributed by atoms with Crippen LogP contribution in [0.3, 0.4) is 0 Å². The highest BCUT2D eigenvalue weighted by Gasteiger charge is 2.29. The molecule has 0 heterocycles. The van der Waals surface area contributed by atoms with E-state index >= 15 is 0 Å². The van der Waals surface area contributed by atoms with Gasteiger partial charge in [0.25, 0.3) is 0 Å². The second kappa shape index (κ2) is 5.07. The lowest BCUT2D eigenvalue weighted by Crippen LogP contribution is -2.51. The summed E-state index contributed by atoms with van der Waals surface area (Å²) in [6.45, 7) is 5.09. The molecule has 0 radical (unpaired) electrons. The van der Waals surface area contributed by atoms with E-state index in [9.17, 15) is 9.59 Å². The maximum absolute atomic E-state index is 11.4. The van der Waals surface area contributed by atoms with E-state index < -0.39 is 17.6 Å². The number of Topliss-reactive ketones (excluding diaryl/α,β-unsaturated/α-hetero) is 1. The van der Waals surface area contributed by atoms with E-state index in [1.54, 1.807) is 20.8 Å². The van der Waals surface area contributed by atoms with E-state index in [4.69, 9.17) is 11.5 Å². The maximum Gasteiger partial charge on any atom is 0.307 e. The fourth-order valence-electron chi connectivity index (χ4n) is 0.970. The molecule has 82 valence electrons. The summed E-state index contributed by atoms with van der Waals surface area (Å²) in [6, 6.07) is -0.881. The zero-order chi connectivity index (χ0) is 11.4. The number of ether oxygens (including phenoxy) is 1. The van der Waals surface area contributed by atoms with Gasteiger partial charge in [-0.05, 0) is 20.8 Å². The minimum atomic E-state index is -1.01. The summed E-state index contributed by atoms with van der Waals surface area (Å²) >= 11 is 0. The van der Waals surface area contributed by atoms with Gasteiger partial charge in [-0.3, -0.25) is 9.59 Å². The van der Waals surface area contributed by atoms with E-state index in [1.165, 1.54) is 0 Å². The molecule has 0 saturated heterocycles. The van der Waals surface area contributed by atoms with Gasteiger partial charge >= 0.3 is 5.97 Å². The van der Waals surface area contributed by atoms with Crippen molar-refractivity contribution in [3.63, 3.8) is 0 Å². The monoisotopic (exact) mass is 202 g/mol. The second-order valence-corrected chi connectivity index (χ2v) is 3.70. The minimum absolute atomic E-state index is 0.118. The standard InChI is InChI=1S/C9H18N2O3/c1-4-14-7(12)5-6(10)8(13)9(2,3)11/h6H,4-5,10-11H2,1-3H3. The lowest BCUT2D eigenvalue weighted by atomic mass is 9.93. The Morgan fingerprint density at radius 3 is 2.29 bits per heavy atom. The smallest absolute Gasteiger partial charge is 0.307 e. The van der Waals surface area contributed by atoms with Gasteiger partial charge in [-0.25, -0.2) is 0 Å².